The van der Waals surface area contributed by atoms with Gasteiger partial charge in [-0.2, -0.15) is 0 Å². The van der Waals surface area contributed by atoms with Gasteiger partial charge < -0.3 is 25.3 Å². The van der Waals surface area contributed by atoms with Crippen molar-refractivity contribution in [2.75, 3.05) is 30.3 Å². The van der Waals surface area contributed by atoms with Gasteiger partial charge in [-0.1, -0.05) is 0 Å². The third kappa shape index (κ3) is 4.57. The highest BCUT2D eigenvalue weighted by Gasteiger charge is 2.19. The molecule has 3 N–H and O–H groups in total. The van der Waals surface area contributed by atoms with E-state index in [0.717, 1.165) is 18.6 Å². The number of pyridine rings is 1. The minimum atomic E-state index is -0.387. The molecule has 4 amide bonds. The molecule has 1 saturated heterocycles. The van der Waals surface area contributed by atoms with Crippen LogP contribution in [0.5, 0.6) is 0 Å². The number of nitrogens with zero attached hydrogens (tertiary/aromatic N) is 3. The molecule has 30 heavy (non-hydrogen) atoms. The summed E-state index contributed by atoms with van der Waals surface area (Å²) in [5.41, 5.74) is 2.47. The number of anilines is 2. The minimum absolute atomic E-state index is 0.142. The standard InChI is InChI=1S/C21H22N6O3/c28-19-2-1-11-26(19)12-10-23-20(29)15-3-5-16(6-4-15)24-21(30)25-17-7-8-18-22-9-13-27(18)14-17/h3-9,13-14H,1-2,10-12H2,(H,23,29)(H2,24,25,30). The van der Waals surface area contributed by atoms with Crippen LogP contribution in [0.4, 0.5) is 16.2 Å². The molecule has 1 aliphatic heterocycles. The maximum Gasteiger partial charge on any atom is 0.323 e. The zero-order valence-electron chi connectivity index (χ0n) is 16.3. The van der Waals surface area contributed by atoms with Gasteiger partial charge in [-0.3, -0.25) is 9.59 Å². The average molecular weight is 406 g/mol. The number of fused-ring (bicyclic) bond motifs is 1. The number of benzene rings is 1. The Balaban J connectivity index is 1.26. The second kappa shape index (κ2) is 8.64. The molecule has 0 spiro atoms. The second-order valence-electron chi connectivity index (χ2n) is 7.01. The van der Waals surface area contributed by atoms with Gasteiger partial charge in [0.2, 0.25) is 5.91 Å². The van der Waals surface area contributed by atoms with Crippen LogP contribution in [0.1, 0.15) is 23.2 Å². The quantitative estimate of drug-likeness (QED) is 0.584. The third-order valence-electron chi connectivity index (χ3n) is 4.89. The molecule has 0 unspecified atom stereocenters. The fourth-order valence-corrected chi connectivity index (χ4v) is 3.34. The summed E-state index contributed by atoms with van der Waals surface area (Å²) < 4.78 is 1.81. The molecule has 0 bridgehead atoms. The van der Waals surface area contributed by atoms with Crippen LogP contribution >= 0.6 is 0 Å². The lowest BCUT2D eigenvalue weighted by Gasteiger charge is -2.15. The lowest BCUT2D eigenvalue weighted by Crippen LogP contribution is -2.35. The summed E-state index contributed by atoms with van der Waals surface area (Å²) in [4.78, 5) is 41.9. The number of nitrogens with one attached hydrogen (secondary N) is 3. The normalized spacial score (nSPS) is 13.5. The van der Waals surface area contributed by atoms with E-state index in [1.807, 2.05) is 10.5 Å². The topological polar surface area (TPSA) is 108 Å². The molecule has 0 aliphatic carbocycles. The highest BCUT2D eigenvalue weighted by atomic mass is 16.2. The van der Waals surface area contributed by atoms with Crippen molar-refractivity contribution in [2.45, 2.75) is 12.8 Å². The maximum absolute atomic E-state index is 12.2. The Morgan fingerprint density at radius 1 is 1.03 bits per heavy atom. The molecule has 4 rings (SSSR count). The average Bonchev–Trinajstić information content (AvgIpc) is 3.37. The van der Waals surface area contributed by atoms with Crippen molar-refractivity contribution in [1.82, 2.24) is 19.6 Å². The summed E-state index contributed by atoms with van der Waals surface area (Å²) in [5, 5.41) is 8.30. The molecule has 2 aromatic heterocycles. The van der Waals surface area contributed by atoms with Gasteiger partial charge in [-0.25, -0.2) is 9.78 Å². The number of imidazole rings is 1. The first kappa shape index (κ1) is 19.4. The smallest absolute Gasteiger partial charge is 0.323 e. The Labute approximate surface area is 173 Å². The summed E-state index contributed by atoms with van der Waals surface area (Å²) in [6, 6.07) is 9.80. The molecule has 3 aromatic rings. The van der Waals surface area contributed by atoms with E-state index in [-0.39, 0.29) is 17.8 Å². The Kier molecular flexibility index (Phi) is 5.60. The van der Waals surface area contributed by atoms with Gasteiger partial charge in [0.15, 0.2) is 0 Å². The fourth-order valence-electron chi connectivity index (χ4n) is 3.34. The van der Waals surface area contributed by atoms with Crippen LogP contribution in [0.3, 0.4) is 0 Å². The van der Waals surface area contributed by atoms with E-state index < -0.39 is 0 Å². The second-order valence-corrected chi connectivity index (χ2v) is 7.01. The number of carbonyl (C=O) groups is 3. The molecule has 0 radical (unpaired) electrons. The summed E-state index contributed by atoms with van der Waals surface area (Å²) in [6.07, 6.45) is 6.72. The van der Waals surface area contributed by atoms with E-state index in [9.17, 15) is 14.4 Å². The summed E-state index contributed by atoms with van der Waals surface area (Å²) in [7, 11) is 0. The first-order valence-corrected chi connectivity index (χ1v) is 9.75. The number of amides is 4. The summed E-state index contributed by atoms with van der Waals surface area (Å²) in [6.45, 7) is 1.69. The molecule has 9 nitrogen and oxygen atoms in total. The SMILES string of the molecule is O=C(Nc1ccc(C(=O)NCCN2CCCC2=O)cc1)Nc1ccc2nccn2c1. The van der Waals surface area contributed by atoms with Crippen molar-refractivity contribution in [2.24, 2.45) is 0 Å². The van der Waals surface area contributed by atoms with Crippen molar-refractivity contribution in [1.29, 1.82) is 0 Å². The van der Waals surface area contributed by atoms with Crippen LogP contribution in [0.15, 0.2) is 55.0 Å². The number of urea groups is 1. The highest BCUT2D eigenvalue weighted by Crippen LogP contribution is 2.13. The first-order valence-electron chi connectivity index (χ1n) is 9.75. The van der Waals surface area contributed by atoms with Crippen LogP contribution in [-0.4, -0.2) is 51.8 Å². The zero-order chi connectivity index (χ0) is 20.9. The molecular weight excluding hydrogens is 384 g/mol. The minimum Gasteiger partial charge on any atom is -0.350 e. The van der Waals surface area contributed by atoms with E-state index in [4.69, 9.17) is 0 Å². The van der Waals surface area contributed by atoms with Crippen molar-refractivity contribution in [3.05, 3.63) is 60.6 Å². The number of hydrogen-bond donors (Lipinski definition) is 3. The van der Waals surface area contributed by atoms with Gasteiger partial charge in [0.1, 0.15) is 5.65 Å². The van der Waals surface area contributed by atoms with Gasteiger partial charge in [-0.15, -0.1) is 0 Å². The van der Waals surface area contributed by atoms with Crippen LogP contribution in [0.25, 0.3) is 5.65 Å². The van der Waals surface area contributed by atoms with Gasteiger partial charge in [-0.05, 0) is 42.8 Å². The maximum atomic E-state index is 12.2. The number of hydrogen-bond acceptors (Lipinski definition) is 4. The van der Waals surface area contributed by atoms with Gasteiger partial charge in [0.25, 0.3) is 5.91 Å². The van der Waals surface area contributed by atoms with E-state index in [1.165, 1.54) is 0 Å². The number of likely N-dealkylation sites (tertiary alicyclic amines) is 1. The molecule has 154 valence electrons. The van der Waals surface area contributed by atoms with E-state index in [1.54, 1.807) is 53.8 Å². The molecule has 1 fully saturated rings. The Hall–Kier alpha value is -3.88. The zero-order valence-corrected chi connectivity index (χ0v) is 16.3. The first-order chi connectivity index (χ1) is 14.6. The van der Waals surface area contributed by atoms with E-state index in [2.05, 4.69) is 20.9 Å². The Morgan fingerprint density at radius 3 is 2.57 bits per heavy atom. The van der Waals surface area contributed by atoms with Crippen molar-refractivity contribution >= 4 is 34.9 Å². The molecule has 9 heteroatoms. The van der Waals surface area contributed by atoms with E-state index >= 15 is 0 Å². The third-order valence-corrected chi connectivity index (χ3v) is 4.89. The van der Waals surface area contributed by atoms with Crippen molar-refractivity contribution < 1.29 is 14.4 Å². The van der Waals surface area contributed by atoms with Crippen LogP contribution in [0.2, 0.25) is 0 Å². The van der Waals surface area contributed by atoms with Gasteiger partial charge in [0.05, 0.1) is 5.69 Å². The van der Waals surface area contributed by atoms with Crippen LogP contribution in [-0.2, 0) is 4.79 Å². The molecule has 0 atom stereocenters. The molecular formula is C21H22N6O3. The largest absolute Gasteiger partial charge is 0.350 e. The molecule has 3 heterocycles. The highest BCUT2D eigenvalue weighted by molar-refractivity contribution is 6.00. The van der Waals surface area contributed by atoms with Gasteiger partial charge >= 0.3 is 6.03 Å². The lowest BCUT2D eigenvalue weighted by molar-refractivity contribution is -0.127. The van der Waals surface area contributed by atoms with Gasteiger partial charge in [0, 0.05) is 55.9 Å². The number of aromatic nitrogens is 2. The summed E-state index contributed by atoms with van der Waals surface area (Å²) in [5.74, 6) is -0.0748. The van der Waals surface area contributed by atoms with Crippen LogP contribution < -0.4 is 16.0 Å². The fraction of sp³-hybridized carbons (Fsp3) is 0.238. The van der Waals surface area contributed by atoms with Crippen molar-refractivity contribution in [3.63, 3.8) is 0 Å². The lowest BCUT2D eigenvalue weighted by atomic mass is 10.2. The van der Waals surface area contributed by atoms with Crippen molar-refractivity contribution in [3.8, 4) is 0 Å². The Bertz CT molecular complexity index is 1080. The molecule has 1 aliphatic rings. The Morgan fingerprint density at radius 2 is 1.80 bits per heavy atom. The predicted octanol–water partition coefficient (Wildman–Crippen LogP) is 2.33. The molecule has 0 saturated carbocycles. The number of carbonyl (C=O) groups excluding carboxylic acids is 3. The van der Waals surface area contributed by atoms with Crippen LogP contribution in [0, 0.1) is 0 Å². The molecule has 1 aromatic carbocycles. The monoisotopic (exact) mass is 406 g/mol. The predicted molar refractivity (Wildman–Crippen MR) is 112 cm³/mol. The van der Waals surface area contributed by atoms with E-state index in [0.29, 0.717) is 36.4 Å². The summed E-state index contributed by atoms with van der Waals surface area (Å²) >= 11 is 0. The number of rotatable bonds is 6.